The van der Waals surface area contributed by atoms with Gasteiger partial charge in [0.1, 0.15) is 0 Å². The predicted octanol–water partition coefficient (Wildman–Crippen LogP) is 0.670. The lowest BCUT2D eigenvalue weighted by atomic mass is 10.2. The highest BCUT2D eigenvalue weighted by Crippen LogP contribution is 2.06. The first-order valence-electron chi connectivity index (χ1n) is 4.77. The van der Waals surface area contributed by atoms with E-state index in [1.165, 1.54) is 6.20 Å². The average Bonchev–Trinajstić information content (AvgIpc) is 2.53. The fourth-order valence-electron chi connectivity index (χ4n) is 1.33. The Morgan fingerprint density at radius 1 is 1.73 bits per heavy atom. The molecular weight excluding hydrogens is 194 g/mol. The fraction of sp³-hybridized carbons (Fsp3) is 0.400. The van der Waals surface area contributed by atoms with Gasteiger partial charge in [-0.3, -0.25) is 4.68 Å². The topological polar surface area (TPSA) is 67.2 Å². The summed E-state index contributed by atoms with van der Waals surface area (Å²) in [7, 11) is 1.87. The first-order valence-corrected chi connectivity index (χ1v) is 4.77. The van der Waals surface area contributed by atoms with Crippen LogP contribution in [0.5, 0.6) is 0 Å². The van der Waals surface area contributed by atoms with Crippen LogP contribution in [0.2, 0.25) is 0 Å². The van der Waals surface area contributed by atoms with Gasteiger partial charge in [0.2, 0.25) is 0 Å². The normalized spacial score (nSPS) is 10.8. The van der Waals surface area contributed by atoms with Crippen LogP contribution in [0.3, 0.4) is 0 Å². The standard InChI is InChI=1S/C10H15N3O2/c1-3-9-8(7-13(2)12-9)6-11-5-4-10(14)15/h4-5,7,11H,3,6H2,1-2H3,(H,14,15)/b5-4+. The second kappa shape index (κ2) is 5.19. The van der Waals surface area contributed by atoms with E-state index in [4.69, 9.17) is 5.11 Å². The zero-order chi connectivity index (χ0) is 11.3. The van der Waals surface area contributed by atoms with E-state index in [0.29, 0.717) is 6.54 Å². The lowest BCUT2D eigenvalue weighted by molar-refractivity contribution is -0.131. The van der Waals surface area contributed by atoms with Gasteiger partial charge in [-0.2, -0.15) is 5.10 Å². The summed E-state index contributed by atoms with van der Waals surface area (Å²) in [6.45, 7) is 2.64. The Morgan fingerprint density at radius 3 is 3.07 bits per heavy atom. The molecule has 0 aliphatic carbocycles. The van der Waals surface area contributed by atoms with Gasteiger partial charge in [-0.05, 0) is 6.42 Å². The van der Waals surface area contributed by atoms with Crippen molar-refractivity contribution in [3.05, 3.63) is 29.7 Å². The first kappa shape index (κ1) is 11.3. The summed E-state index contributed by atoms with van der Waals surface area (Å²) in [5, 5.41) is 15.6. The molecule has 0 saturated carbocycles. The van der Waals surface area contributed by atoms with E-state index in [1.54, 1.807) is 4.68 Å². The third-order valence-electron chi connectivity index (χ3n) is 1.96. The predicted molar refractivity (Wildman–Crippen MR) is 56.2 cm³/mol. The Labute approximate surface area is 88.4 Å². The number of aryl methyl sites for hydroxylation is 2. The zero-order valence-electron chi connectivity index (χ0n) is 8.90. The fourth-order valence-corrected chi connectivity index (χ4v) is 1.33. The summed E-state index contributed by atoms with van der Waals surface area (Å²) < 4.78 is 1.76. The van der Waals surface area contributed by atoms with Crippen molar-refractivity contribution < 1.29 is 9.90 Å². The molecule has 0 aliphatic rings. The van der Waals surface area contributed by atoms with Gasteiger partial charge in [0.25, 0.3) is 0 Å². The molecule has 0 saturated heterocycles. The van der Waals surface area contributed by atoms with E-state index in [9.17, 15) is 4.79 Å². The highest BCUT2D eigenvalue weighted by atomic mass is 16.4. The molecule has 15 heavy (non-hydrogen) atoms. The summed E-state index contributed by atoms with van der Waals surface area (Å²) in [5.41, 5.74) is 2.13. The van der Waals surface area contributed by atoms with Crippen molar-refractivity contribution in [2.75, 3.05) is 0 Å². The van der Waals surface area contributed by atoms with Crippen molar-refractivity contribution in [3.8, 4) is 0 Å². The van der Waals surface area contributed by atoms with Gasteiger partial charge in [-0.25, -0.2) is 4.79 Å². The molecule has 1 rings (SSSR count). The molecule has 1 aromatic rings. The number of carbonyl (C=O) groups is 1. The molecule has 1 heterocycles. The maximum atomic E-state index is 10.2. The van der Waals surface area contributed by atoms with E-state index in [2.05, 4.69) is 10.4 Å². The molecule has 0 aliphatic heterocycles. The highest BCUT2D eigenvalue weighted by Gasteiger charge is 2.03. The van der Waals surface area contributed by atoms with Crippen LogP contribution in [-0.2, 0) is 24.8 Å². The molecule has 1 aromatic heterocycles. The molecule has 0 spiro atoms. The van der Waals surface area contributed by atoms with Crippen LogP contribution in [0.25, 0.3) is 0 Å². The van der Waals surface area contributed by atoms with Gasteiger partial charge in [0, 0.05) is 37.6 Å². The number of hydrogen-bond donors (Lipinski definition) is 2. The van der Waals surface area contributed by atoms with Gasteiger partial charge in [-0.15, -0.1) is 0 Å². The van der Waals surface area contributed by atoms with Crippen molar-refractivity contribution in [2.45, 2.75) is 19.9 Å². The molecular formula is C10H15N3O2. The molecule has 0 fully saturated rings. The van der Waals surface area contributed by atoms with E-state index >= 15 is 0 Å². The van der Waals surface area contributed by atoms with E-state index in [1.807, 2.05) is 20.2 Å². The highest BCUT2D eigenvalue weighted by molar-refractivity contribution is 5.79. The van der Waals surface area contributed by atoms with Crippen LogP contribution in [0.1, 0.15) is 18.2 Å². The number of nitrogens with zero attached hydrogens (tertiary/aromatic N) is 2. The number of carboxylic acids is 1. The van der Waals surface area contributed by atoms with Crippen LogP contribution in [0.4, 0.5) is 0 Å². The van der Waals surface area contributed by atoms with Gasteiger partial charge in [-0.1, -0.05) is 6.92 Å². The molecule has 2 N–H and O–H groups in total. The lowest BCUT2D eigenvalue weighted by Crippen LogP contribution is -2.06. The van der Waals surface area contributed by atoms with Gasteiger partial charge < -0.3 is 10.4 Å². The van der Waals surface area contributed by atoms with Crippen LogP contribution < -0.4 is 5.32 Å². The smallest absolute Gasteiger partial charge is 0.329 e. The Hall–Kier alpha value is -1.78. The Balaban J connectivity index is 2.53. The monoisotopic (exact) mass is 209 g/mol. The van der Waals surface area contributed by atoms with Crippen LogP contribution in [-0.4, -0.2) is 20.9 Å². The Bertz CT molecular complexity index is 369. The average molecular weight is 209 g/mol. The quantitative estimate of drug-likeness (QED) is 0.699. The molecule has 0 radical (unpaired) electrons. The largest absolute Gasteiger partial charge is 0.478 e. The third-order valence-corrected chi connectivity index (χ3v) is 1.96. The van der Waals surface area contributed by atoms with Crippen LogP contribution in [0.15, 0.2) is 18.5 Å². The summed E-state index contributed by atoms with van der Waals surface area (Å²) in [5.74, 6) is -0.954. The maximum absolute atomic E-state index is 10.2. The number of nitrogens with one attached hydrogen (secondary N) is 1. The third kappa shape index (κ3) is 3.46. The van der Waals surface area contributed by atoms with Crippen molar-refractivity contribution in [1.29, 1.82) is 0 Å². The number of hydrogen-bond acceptors (Lipinski definition) is 3. The number of carboxylic acid groups (broad SMARTS) is 1. The summed E-state index contributed by atoms with van der Waals surface area (Å²) in [6.07, 6.45) is 5.30. The van der Waals surface area contributed by atoms with Gasteiger partial charge >= 0.3 is 5.97 Å². The molecule has 0 bridgehead atoms. The second-order valence-corrected chi connectivity index (χ2v) is 3.18. The lowest BCUT2D eigenvalue weighted by Gasteiger charge is -1.98. The minimum atomic E-state index is -0.954. The summed E-state index contributed by atoms with van der Waals surface area (Å²) in [4.78, 5) is 10.2. The first-order chi connectivity index (χ1) is 7.13. The molecule has 0 atom stereocenters. The molecule has 0 amide bonds. The van der Waals surface area contributed by atoms with Crippen molar-refractivity contribution in [2.24, 2.45) is 7.05 Å². The number of aliphatic carboxylic acids is 1. The number of aromatic nitrogens is 2. The van der Waals surface area contributed by atoms with Crippen LogP contribution >= 0.6 is 0 Å². The van der Waals surface area contributed by atoms with E-state index < -0.39 is 5.97 Å². The minimum Gasteiger partial charge on any atom is -0.478 e. The Kier molecular flexibility index (Phi) is 3.91. The van der Waals surface area contributed by atoms with E-state index in [-0.39, 0.29) is 0 Å². The van der Waals surface area contributed by atoms with Crippen molar-refractivity contribution >= 4 is 5.97 Å². The number of rotatable bonds is 5. The van der Waals surface area contributed by atoms with Gasteiger partial charge in [0.15, 0.2) is 0 Å². The van der Waals surface area contributed by atoms with Gasteiger partial charge in [0.05, 0.1) is 5.69 Å². The maximum Gasteiger partial charge on any atom is 0.329 e. The van der Waals surface area contributed by atoms with Crippen molar-refractivity contribution in [3.63, 3.8) is 0 Å². The molecule has 5 nitrogen and oxygen atoms in total. The minimum absolute atomic E-state index is 0.598. The summed E-state index contributed by atoms with van der Waals surface area (Å²) in [6, 6.07) is 0. The molecule has 0 unspecified atom stereocenters. The molecule has 5 heteroatoms. The van der Waals surface area contributed by atoms with E-state index in [0.717, 1.165) is 23.8 Å². The van der Waals surface area contributed by atoms with Crippen molar-refractivity contribution in [1.82, 2.24) is 15.1 Å². The molecule has 82 valence electrons. The molecule has 0 aromatic carbocycles. The zero-order valence-corrected chi connectivity index (χ0v) is 8.90. The van der Waals surface area contributed by atoms with Crippen LogP contribution in [0, 0.1) is 0 Å². The second-order valence-electron chi connectivity index (χ2n) is 3.18. The summed E-state index contributed by atoms with van der Waals surface area (Å²) >= 11 is 0. The SMILES string of the molecule is CCc1nn(C)cc1CN/C=C/C(=O)O. The Morgan fingerprint density at radius 2 is 2.47 bits per heavy atom.